The van der Waals surface area contributed by atoms with Gasteiger partial charge in [0.05, 0.1) is 17.4 Å². The molecule has 28 heavy (non-hydrogen) atoms. The highest BCUT2D eigenvalue weighted by atomic mass is 16.2. The van der Waals surface area contributed by atoms with E-state index in [-0.39, 0.29) is 11.9 Å². The summed E-state index contributed by atoms with van der Waals surface area (Å²) >= 11 is 0. The first-order chi connectivity index (χ1) is 13.6. The first-order valence-electron chi connectivity index (χ1n) is 8.95. The Bertz CT molecular complexity index is 1040. The molecule has 2 heterocycles. The fourth-order valence-electron chi connectivity index (χ4n) is 3.03. The van der Waals surface area contributed by atoms with E-state index >= 15 is 0 Å². The van der Waals surface area contributed by atoms with Gasteiger partial charge < -0.3 is 4.90 Å². The molecular formula is C21H20N6O. The van der Waals surface area contributed by atoms with E-state index in [1.54, 1.807) is 26.8 Å². The Kier molecular flexibility index (Phi) is 4.72. The maximum Gasteiger partial charge on any atom is 0.254 e. The summed E-state index contributed by atoms with van der Waals surface area (Å²) in [7, 11) is 1.82. The molecule has 1 amide bonds. The van der Waals surface area contributed by atoms with E-state index in [1.165, 1.54) is 6.33 Å². The molecule has 0 N–H and O–H groups in total. The molecular weight excluding hydrogens is 352 g/mol. The number of carbonyl (C=O) groups excluding carboxylic acids is 1. The van der Waals surface area contributed by atoms with E-state index in [1.807, 2.05) is 74.8 Å². The highest BCUT2D eigenvalue weighted by molar-refractivity contribution is 5.94. The normalized spacial score (nSPS) is 11.9. The van der Waals surface area contributed by atoms with E-state index in [0.717, 1.165) is 16.9 Å². The molecule has 0 spiro atoms. The largest absolute Gasteiger partial charge is 0.335 e. The minimum absolute atomic E-state index is 0.0279. The summed E-state index contributed by atoms with van der Waals surface area (Å²) in [6, 6.07) is 17.2. The van der Waals surface area contributed by atoms with E-state index in [4.69, 9.17) is 0 Å². The Balaban J connectivity index is 1.48. The SMILES string of the molecule is CC(c1ccc(-n2cncn2)cc1)N(C)C(=O)c1ccc(-n2cccn2)cc1. The highest BCUT2D eigenvalue weighted by Gasteiger charge is 2.19. The summed E-state index contributed by atoms with van der Waals surface area (Å²) in [5.74, 6) is -0.0279. The Hall–Kier alpha value is -3.74. The van der Waals surface area contributed by atoms with Gasteiger partial charge in [0.15, 0.2) is 0 Å². The maximum absolute atomic E-state index is 12.9. The zero-order valence-electron chi connectivity index (χ0n) is 15.7. The number of carbonyl (C=O) groups is 1. The molecule has 1 atom stereocenters. The van der Waals surface area contributed by atoms with Crippen molar-refractivity contribution in [1.29, 1.82) is 0 Å². The lowest BCUT2D eigenvalue weighted by molar-refractivity contribution is 0.0742. The molecule has 1 unspecified atom stereocenters. The third-order valence-corrected chi connectivity index (χ3v) is 4.84. The molecule has 0 bridgehead atoms. The fraction of sp³-hybridized carbons (Fsp3) is 0.143. The molecule has 7 nitrogen and oxygen atoms in total. The lowest BCUT2D eigenvalue weighted by atomic mass is 10.1. The zero-order chi connectivity index (χ0) is 19.5. The molecule has 0 saturated carbocycles. The van der Waals surface area contributed by atoms with Crippen molar-refractivity contribution >= 4 is 5.91 Å². The van der Waals surface area contributed by atoms with Crippen LogP contribution in [0.25, 0.3) is 11.4 Å². The van der Waals surface area contributed by atoms with Gasteiger partial charge in [0.25, 0.3) is 5.91 Å². The van der Waals surface area contributed by atoms with E-state index < -0.39 is 0 Å². The van der Waals surface area contributed by atoms with Crippen molar-refractivity contribution < 1.29 is 4.79 Å². The van der Waals surface area contributed by atoms with Crippen molar-refractivity contribution in [3.8, 4) is 11.4 Å². The molecule has 4 rings (SSSR count). The topological polar surface area (TPSA) is 68.8 Å². The summed E-state index contributed by atoms with van der Waals surface area (Å²) in [5.41, 5.74) is 3.54. The molecule has 0 aliphatic rings. The van der Waals surface area contributed by atoms with E-state index in [0.29, 0.717) is 5.56 Å². The maximum atomic E-state index is 12.9. The summed E-state index contributed by atoms with van der Waals surface area (Å²) < 4.78 is 3.46. The van der Waals surface area contributed by atoms with Crippen LogP contribution >= 0.6 is 0 Å². The first kappa shape index (κ1) is 17.7. The van der Waals surface area contributed by atoms with Crippen LogP contribution in [0.4, 0.5) is 0 Å². The predicted octanol–water partition coefficient (Wildman–Crippen LogP) is 3.29. The fourth-order valence-corrected chi connectivity index (χ4v) is 3.03. The van der Waals surface area contributed by atoms with Crippen LogP contribution in [0.5, 0.6) is 0 Å². The van der Waals surface area contributed by atoms with Gasteiger partial charge in [0.1, 0.15) is 12.7 Å². The number of benzene rings is 2. The van der Waals surface area contributed by atoms with Gasteiger partial charge in [-0.3, -0.25) is 4.79 Å². The molecule has 0 fully saturated rings. The molecule has 7 heteroatoms. The summed E-state index contributed by atoms with van der Waals surface area (Å²) in [5, 5.41) is 8.33. The van der Waals surface area contributed by atoms with Crippen molar-refractivity contribution in [2.24, 2.45) is 0 Å². The number of hydrogen-bond donors (Lipinski definition) is 0. The van der Waals surface area contributed by atoms with Crippen LogP contribution in [0.15, 0.2) is 79.6 Å². The van der Waals surface area contributed by atoms with Crippen LogP contribution in [0, 0.1) is 0 Å². The van der Waals surface area contributed by atoms with Gasteiger partial charge in [-0.1, -0.05) is 12.1 Å². The van der Waals surface area contributed by atoms with Gasteiger partial charge in [-0.15, -0.1) is 0 Å². The second kappa shape index (κ2) is 7.48. The van der Waals surface area contributed by atoms with Crippen LogP contribution in [-0.4, -0.2) is 42.4 Å². The third kappa shape index (κ3) is 3.42. The van der Waals surface area contributed by atoms with Gasteiger partial charge in [-0.05, 0) is 55.0 Å². The number of amides is 1. The van der Waals surface area contributed by atoms with Gasteiger partial charge in [-0.2, -0.15) is 10.2 Å². The Morgan fingerprint density at radius 1 is 0.964 bits per heavy atom. The standard InChI is InChI=1S/C21H20N6O/c1-16(17-4-8-20(9-5-17)27-15-22-14-24-27)25(2)21(28)18-6-10-19(11-7-18)26-13-3-12-23-26/h3-16H,1-2H3. The second-order valence-corrected chi connectivity index (χ2v) is 6.52. The van der Waals surface area contributed by atoms with Gasteiger partial charge >= 0.3 is 0 Å². The number of rotatable bonds is 5. The van der Waals surface area contributed by atoms with E-state index in [2.05, 4.69) is 15.2 Å². The number of aromatic nitrogens is 5. The Morgan fingerprint density at radius 2 is 1.64 bits per heavy atom. The van der Waals surface area contributed by atoms with Crippen LogP contribution in [0.1, 0.15) is 28.9 Å². The van der Waals surface area contributed by atoms with Crippen molar-refractivity contribution in [2.45, 2.75) is 13.0 Å². The van der Waals surface area contributed by atoms with Crippen LogP contribution < -0.4 is 0 Å². The third-order valence-electron chi connectivity index (χ3n) is 4.84. The van der Waals surface area contributed by atoms with Crippen molar-refractivity contribution in [1.82, 2.24) is 29.4 Å². The quantitative estimate of drug-likeness (QED) is 0.539. The minimum atomic E-state index is -0.0666. The first-order valence-corrected chi connectivity index (χ1v) is 8.95. The smallest absolute Gasteiger partial charge is 0.254 e. The highest BCUT2D eigenvalue weighted by Crippen LogP contribution is 2.22. The van der Waals surface area contributed by atoms with Crippen LogP contribution in [-0.2, 0) is 0 Å². The molecule has 0 aliphatic heterocycles. The van der Waals surface area contributed by atoms with Crippen LogP contribution in [0.2, 0.25) is 0 Å². The summed E-state index contributed by atoms with van der Waals surface area (Å²) in [6.45, 7) is 2.01. The molecule has 140 valence electrons. The van der Waals surface area contributed by atoms with Gasteiger partial charge in [-0.25, -0.2) is 14.3 Å². The van der Waals surface area contributed by atoms with Crippen molar-refractivity contribution in [3.63, 3.8) is 0 Å². The van der Waals surface area contributed by atoms with Gasteiger partial charge in [0, 0.05) is 25.0 Å². The Morgan fingerprint density at radius 3 is 2.25 bits per heavy atom. The molecule has 0 saturated heterocycles. The number of hydrogen-bond acceptors (Lipinski definition) is 4. The zero-order valence-corrected chi connectivity index (χ0v) is 15.7. The monoisotopic (exact) mass is 372 g/mol. The number of nitrogens with zero attached hydrogens (tertiary/aromatic N) is 6. The van der Waals surface area contributed by atoms with Gasteiger partial charge in [0.2, 0.25) is 0 Å². The lowest BCUT2D eigenvalue weighted by Gasteiger charge is -2.25. The molecule has 0 radical (unpaired) electrons. The Labute approximate surface area is 162 Å². The summed E-state index contributed by atoms with van der Waals surface area (Å²) in [6.07, 6.45) is 6.75. The second-order valence-electron chi connectivity index (χ2n) is 6.52. The molecule has 4 aromatic rings. The molecule has 2 aromatic carbocycles. The lowest BCUT2D eigenvalue weighted by Crippen LogP contribution is -2.29. The average Bonchev–Trinajstić information content (AvgIpc) is 3.47. The van der Waals surface area contributed by atoms with Crippen LogP contribution in [0.3, 0.4) is 0 Å². The average molecular weight is 372 g/mol. The summed E-state index contributed by atoms with van der Waals surface area (Å²) in [4.78, 5) is 18.6. The predicted molar refractivity (Wildman–Crippen MR) is 105 cm³/mol. The molecule has 0 aliphatic carbocycles. The van der Waals surface area contributed by atoms with Crippen molar-refractivity contribution in [2.75, 3.05) is 7.05 Å². The van der Waals surface area contributed by atoms with Crippen molar-refractivity contribution in [3.05, 3.63) is 90.8 Å². The van der Waals surface area contributed by atoms with E-state index in [9.17, 15) is 4.79 Å². The minimum Gasteiger partial charge on any atom is -0.335 e. The molecule has 2 aromatic heterocycles.